The number of rotatable bonds is 3. The molecule has 1 aromatic carbocycles. The van der Waals surface area contributed by atoms with Crippen LogP contribution in [-0.2, 0) is 4.79 Å². The summed E-state index contributed by atoms with van der Waals surface area (Å²) < 4.78 is 13.3. The summed E-state index contributed by atoms with van der Waals surface area (Å²) in [5, 5.41) is 27.7. The standard InChI is InChI=1S/C10H12FNO4/c1-12(16)9(15)5-8(14)6-3-2-4-7(13)10(6)11/h2-4,8,13-14,16H,5H2,1H3. The lowest BCUT2D eigenvalue weighted by molar-refractivity contribution is -0.161. The predicted molar refractivity (Wildman–Crippen MR) is 52.2 cm³/mol. The van der Waals surface area contributed by atoms with Crippen LogP contribution in [0.15, 0.2) is 18.2 Å². The molecule has 0 saturated heterocycles. The molecular weight excluding hydrogens is 217 g/mol. The quantitative estimate of drug-likeness (QED) is 0.529. The fourth-order valence-electron chi connectivity index (χ4n) is 1.20. The molecule has 0 radical (unpaired) electrons. The summed E-state index contributed by atoms with van der Waals surface area (Å²) in [4.78, 5) is 11.1. The molecule has 0 bridgehead atoms. The Morgan fingerprint density at radius 1 is 1.56 bits per heavy atom. The van der Waals surface area contributed by atoms with Crippen molar-refractivity contribution < 1.29 is 24.6 Å². The minimum atomic E-state index is -1.41. The zero-order chi connectivity index (χ0) is 12.3. The molecule has 0 aliphatic heterocycles. The third-order valence-electron chi connectivity index (χ3n) is 2.10. The molecule has 0 fully saturated rings. The molecule has 0 saturated carbocycles. The first kappa shape index (κ1) is 12.4. The highest BCUT2D eigenvalue weighted by molar-refractivity contribution is 5.75. The van der Waals surface area contributed by atoms with Crippen LogP contribution < -0.4 is 0 Å². The number of hydrogen-bond donors (Lipinski definition) is 3. The normalized spacial score (nSPS) is 12.2. The Morgan fingerprint density at radius 3 is 2.75 bits per heavy atom. The Hall–Kier alpha value is -1.66. The van der Waals surface area contributed by atoms with Gasteiger partial charge in [0.2, 0.25) is 5.91 Å². The Labute approximate surface area is 91.3 Å². The molecule has 0 spiro atoms. The van der Waals surface area contributed by atoms with Crippen molar-refractivity contribution in [2.45, 2.75) is 12.5 Å². The van der Waals surface area contributed by atoms with Gasteiger partial charge in [0, 0.05) is 12.6 Å². The molecule has 1 rings (SSSR count). The van der Waals surface area contributed by atoms with Gasteiger partial charge in [-0.1, -0.05) is 12.1 Å². The van der Waals surface area contributed by atoms with Gasteiger partial charge in [0.25, 0.3) is 0 Å². The number of nitrogens with zero attached hydrogens (tertiary/aromatic N) is 1. The van der Waals surface area contributed by atoms with E-state index in [2.05, 4.69) is 0 Å². The van der Waals surface area contributed by atoms with Crippen molar-refractivity contribution in [2.24, 2.45) is 0 Å². The van der Waals surface area contributed by atoms with Crippen LogP contribution in [0.2, 0.25) is 0 Å². The first-order valence-corrected chi connectivity index (χ1v) is 4.54. The Balaban J connectivity index is 2.85. The van der Waals surface area contributed by atoms with Crippen LogP contribution in [0.1, 0.15) is 18.1 Å². The average molecular weight is 229 g/mol. The molecule has 16 heavy (non-hydrogen) atoms. The summed E-state index contributed by atoms with van der Waals surface area (Å²) in [6.45, 7) is 0. The monoisotopic (exact) mass is 229 g/mol. The maximum atomic E-state index is 13.3. The number of hydrogen-bond acceptors (Lipinski definition) is 4. The lowest BCUT2D eigenvalue weighted by Crippen LogP contribution is -2.24. The van der Waals surface area contributed by atoms with Gasteiger partial charge in [0.05, 0.1) is 12.5 Å². The number of carbonyl (C=O) groups excluding carboxylic acids is 1. The van der Waals surface area contributed by atoms with Crippen molar-refractivity contribution in [3.05, 3.63) is 29.6 Å². The van der Waals surface area contributed by atoms with E-state index in [1.54, 1.807) is 0 Å². The van der Waals surface area contributed by atoms with E-state index in [1.165, 1.54) is 12.1 Å². The van der Waals surface area contributed by atoms with Crippen LogP contribution in [-0.4, -0.2) is 33.4 Å². The van der Waals surface area contributed by atoms with Gasteiger partial charge in [-0.2, -0.15) is 0 Å². The summed E-state index contributed by atoms with van der Waals surface area (Å²) in [6, 6.07) is 3.74. The maximum Gasteiger partial charge on any atom is 0.248 e. The summed E-state index contributed by atoms with van der Waals surface area (Å²) in [7, 11) is 1.11. The second-order valence-corrected chi connectivity index (χ2v) is 3.32. The van der Waals surface area contributed by atoms with E-state index in [0.717, 1.165) is 13.1 Å². The molecule has 1 amide bonds. The first-order valence-electron chi connectivity index (χ1n) is 4.54. The third-order valence-corrected chi connectivity index (χ3v) is 2.10. The molecule has 1 atom stereocenters. The Morgan fingerprint density at radius 2 is 2.19 bits per heavy atom. The number of benzene rings is 1. The first-order chi connectivity index (χ1) is 7.43. The topological polar surface area (TPSA) is 81.0 Å². The number of amides is 1. The van der Waals surface area contributed by atoms with E-state index < -0.39 is 30.0 Å². The van der Waals surface area contributed by atoms with Gasteiger partial charge in [-0.3, -0.25) is 10.0 Å². The van der Waals surface area contributed by atoms with Crippen LogP contribution in [0.3, 0.4) is 0 Å². The number of hydroxylamine groups is 2. The fraction of sp³-hybridized carbons (Fsp3) is 0.300. The second kappa shape index (κ2) is 4.91. The van der Waals surface area contributed by atoms with Crippen molar-refractivity contribution >= 4 is 5.91 Å². The minimum Gasteiger partial charge on any atom is -0.505 e. The molecule has 5 nitrogen and oxygen atoms in total. The average Bonchev–Trinajstić information content (AvgIpc) is 2.21. The molecule has 1 unspecified atom stereocenters. The van der Waals surface area contributed by atoms with Crippen LogP contribution in [0.25, 0.3) is 0 Å². The summed E-state index contributed by atoms with van der Waals surface area (Å²) in [6.07, 6.45) is -1.87. The van der Waals surface area contributed by atoms with Crippen molar-refractivity contribution in [3.63, 3.8) is 0 Å². The van der Waals surface area contributed by atoms with Gasteiger partial charge in [-0.05, 0) is 6.07 Å². The van der Waals surface area contributed by atoms with Gasteiger partial charge in [0.15, 0.2) is 11.6 Å². The molecule has 0 aromatic heterocycles. The molecule has 88 valence electrons. The Kier molecular flexibility index (Phi) is 3.81. The van der Waals surface area contributed by atoms with Crippen LogP contribution in [0, 0.1) is 5.82 Å². The van der Waals surface area contributed by atoms with Crippen molar-refractivity contribution in [1.29, 1.82) is 0 Å². The highest BCUT2D eigenvalue weighted by Crippen LogP contribution is 2.26. The zero-order valence-corrected chi connectivity index (χ0v) is 8.59. The summed E-state index contributed by atoms with van der Waals surface area (Å²) >= 11 is 0. The molecule has 6 heteroatoms. The number of carbonyl (C=O) groups is 1. The van der Waals surface area contributed by atoms with Crippen molar-refractivity contribution in [2.75, 3.05) is 7.05 Å². The molecule has 0 aliphatic rings. The van der Waals surface area contributed by atoms with E-state index in [1.807, 2.05) is 0 Å². The molecule has 0 aliphatic carbocycles. The molecule has 0 heterocycles. The van der Waals surface area contributed by atoms with Gasteiger partial charge in [0.1, 0.15) is 0 Å². The van der Waals surface area contributed by atoms with E-state index in [4.69, 9.17) is 10.3 Å². The lowest BCUT2D eigenvalue weighted by Gasteiger charge is -2.14. The smallest absolute Gasteiger partial charge is 0.248 e. The van der Waals surface area contributed by atoms with Gasteiger partial charge < -0.3 is 10.2 Å². The SMILES string of the molecule is CN(O)C(=O)CC(O)c1cccc(O)c1F. The summed E-state index contributed by atoms with van der Waals surface area (Å²) in [5.74, 6) is -2.32. The molecular formula is C10H12FNO4. The van der Waals surface area contributed by atoms with Crippen LogP contribution in [0.4, 0.5) is 4.39 Å². The maximum absolute atomic E-state index is 13.3. The van der Waals surface area contributed by atoms with E-state index in [0.29, 0.717) is 5.06 Å². The van der Waals surface area contributed by atoms with Gasteiger partial charge >= 0.3 is 0 Å². The van der Waals surface area contributed by atoms with Crippen molar-refractivity contribution in [3.8, 4) is 5.75 Å². The number of phenols is 1. The van der Waals surface area contributed by atoms with E-state index >= 15 is 0 Å². The Bertz CT molecular complexity index is 394. The largest absolute Gasteiger partial charge is 0.505 e. The second-order valence-electron chi connectivity index (χ2n) is 3.32. The van der Waals surface area contributed by atoms with Gasteiger partial charge in [-0.15, -0.1) is 0 Å². The number of aliphatic hydroxyl groups is 1. The van der Waals surface area contributed by atoms with Gasteiger partial charge in [-0.25, -0.2) is 9.45 Å². The summed E-state index contributed by atoms with van der Waals surface area (Å²) in [5.41, 5.74) is -0.185. The number of aromatic hydroxyl groups is 1. The highest BCUT2D eigenvalue weighted by Gasteiger charge is 2.19. The predicted octanol–water partition coefficient (Wildman–Crippen LogP) is 0.802. The van der Waals surface area contributed by atoms with Crippen molar-refractivity contribution in [1.82, 2.24) is 5.06 Å². The number of halogens is 1. The molecule has 1 aromatic rings. The third kappa shape index (κ3) is 2.68. The lowest BCUT2D eigenvalue weighted by atomic mass is 10.1. The zero-order valence-electron chi connectivity index (χ0n) is 8.59. The van der Waals surface area contributed by atoms with Crippen LogP contribution >= 0.6 is 0 Å². The number of aliphatic hydroxyl groups excluding tert-OH is 1. The minimum absolute atomic E-state index is 0.185. The van der Waals surface area contributed by atoms with E-state index in [-0.39, 0.29) is 5.56 Å². The fourth-order valence-corrected chi connectivity index (χ4v) is 1.20. The highest BCUT2D eigenvalue weighted by atomic mass is 19.1. The van der Waals surface area contributed by atoms with E-state index in [9.17, 15) is 14.3 Å². The van der Waals surface area contributed by atoms with Crippen LogP contribution in [0.5, 0.6) is 5.75 Å². The number of phenolic OH excluding ortho intramolecular Hbond substituents is 1. The molecule has 3 N–H and O–H groups in total.